The van der Waals surface area contributed by atoms with Gasteiger partial charge in [-0.05, 0) is 38.3 Å². The Balaban J connectivity index is 1.84. The first kappa shape index (κ1) is 18.2. The minimum absolute atomic E-state index is 0.00372. The molecule has 2 amide bonds. The summed E-state index contributed by atoms with van der Waals surface area (Å²) in [6.45, 7) is 5.05. The van der Waals surface area contributed by atoms with Gasteiger partial charge in [0.25, 0.3) is 0 Å². The molecule has 1 fully saturated rings. The number of hydrogen-bond donors (Lipinski definition) is 1. The summed E-state index contributed by atoms with van der Waals surface area (Å²) in [6.07, 6.45) is 1.85. The minimum atomic E-state index is -0.00405. The van der Waals surface area contributed by atoms with Gasteiger partial charge in [-0.1, -0.05) is 17.7 Å². The zero-order valence-corrected chi connectivity index (χ0v) is 14.7. The molecule has 0 spiro atoms. The molecule has 1 aliphatic heterocycles. The number of ketones is 1. The number of hydrogen-bond acceptors (Lipinski definition) is 3. The third-order valence-electron chi connectivity index (χ3n) is 4.72. The molecule has 0 unspecified atom stereocenters. The highest BCUT2D eigenvalue weighted by molar-refractivity contribution is 5.99. The lowest BCUT2D eigenvalue weighted by Gasteiger charge is -2.31. The Hall–Kier alpha value is -2.17. The molecule has 1 aliphatic rings. The van der Waals surface area contributed by atoms with Gasteiger partial charge >= 0.3 is 0 Å². The molecule has 1 heterocycles. The van der Waals surface area contributed by atoms with Gasteiger partial charge in [0.2, 0.25) is 11.8 Å². The number of aryl methyl sites for hydroxylation is 2. The Morgan fingerprint density at radius 3 is 2.42 bits per heavy atom. The number of nitrogens with one attached hydrogen (secondary N) is 1. The van der Waals surface area contributed by atoms with E-state index in [1.165, 1.54) is 0 Å². The van der Waals surface area contributed by atoms with E-state index in [1.807, 2.05) is 32.0 Å². The normalized spacial score (nSPS) is 15.2. The van der Waals surface area contributed by atoms with Crippen molar-refractivity contribution in [2.45, 2.75) is 39.5 Å². The molecule has 1 saturated heterocycles. The van der Waals surface area contributed by atoms with Crippen LogP contribution in [0, 0.1) is 19.8 Å². The zero-order valence-electron chi connectivity index (χ0n) is 14.7. The van der Waals surface area contributed by atoms with E-state index >= 15 is 0 Å². The van der Waals surface area contributed by atoms with Gasteiger partial charge in [0, 0.05) is 44.5 Å². The Labute approximate surface area is 143 Å². The molecule has 0 bridgehead atoms. The summed E-state index contributed by atoms with van der Waals surface area (Å²) in [5, 5.41) is 2.66. The van der Waals surface area contributed by atoms with E-state index in [0.29, 0.717) is 31.5 Å². The van der Waals surface area contributed by atoms with Crippen LogP contribution >= 0.6 is 0 Å². The largest absolute Gasteiger partial charge is 0.359 e. The predicted molar refractivity (Wildman–Crippen MR) is 92.9 cm³/mol. The Kier molecular flexibility index (Phi) is 6.12. The average Bonchev–Trinajstić information content (AvgIpc) is 2.60. The molecule has 5 nitrogen and oxygen atoms in total. The molecule has 0 saturated carbocycles. The summed E-state index contributed by atoms with van der Waals surface area (Å²) in [7, 11) is 1.64. The smallest absolute Gasteiger partial charge is 0.223 e. The van der Waals surface area contributed by atoms with Gasteiger partial charge in [-0.15, -0.1) is 0 Å². The third-order valence-corrected chi connectivity index (χ3v) is 4.72. The summed E-state index contributed by atoms with van der Waals surface area (Å²) in [4.78, 5) is 38.1. The van der Waals surface area contributed by atoms with E-state index in [1.54, 1.807) is 11.9 Å². The fraction of sp³-hybridized carbons (Fsp3) is 0.526. The van der Waals surface area contributed by atoms with Gasteiger partial charge in [0.1, 0.15) is 0 Å². The van der Waals surface area contributed by atoms with E-state index in [2.05, 4.69) is 5.32 Å². The molecule has 1 N–H and O–H groups in total. The number of carbonyl (C=O) groups excluding carboxylic acids is 3. The second-order valence-electron chi connectivity index (χ2n) is 6.51. The maximum Gasteiger partial charge on any atom is 0.223 e. The predicted octanol–water partition coefficient (Wildman–Crippen LogP) is 2.25. The molecular weight excluding hydrogens is 304 g/mol. The van der Waals surface area contributed by atoms with Crippen LogP contribution in [-0.2, 0) is 9.59 Å². The van der Waals surface area contributed by atoms with Crippen molar-refractivity contribution in [3.05, 3.63) is 34.9 Å². The van der Waals surface area contributed by atoms with Gasteiger partial charge in [-0.3, -0.25) is 14.4 Å². The molecule has 5 heteroatoms. The van der Waals surface area contributed by atoms with E-state index in [0.717, 1.165) is 11.1 Å². The van der Waals surface area contributed by atoms with Crippen molar-refractivity contribution in [2.24, 2.45) is 5.92 Å². The van der Waals surface area contributed by atoms with Crippen molar-refractivity contribution in [3.63, 3.8) is 0 Å². The van der Waals surface area contributed by atoms with Gasteiger partial charge in [0.15, 0.2) is 5.78 Å². The van der Waals surface area contributed by atoms with Crippen molar-refractivity contribution in [1.29, 1.82) is 0 Å². The molecule has 0 aliphatic carbocycles. The van der Waals surface area contributed by atoms with Crippen molar-refractivity contribution in [2.75, 3.05) is 20.1 Å². The number of piperidine rings is 1. The Morgan fingerprint density at radius 2 is 1.79 bits per heavy atom. The van der Waals surface area contributed by atoms with E-state index in [9.17, 15) is 14.4 Å². The highest BCUT2D eigenvalue weighted by Crippen LogP contribution is 2.19. The Bertz CT molecular complexity index is 631. The quantitative estimate of drug-likeness (QED) is 0.842. The molecule has 130 valence electrons. The first-order valence-electron chi connectivity index (χ1n) is 8.52. The van der Waals surface area contributed by atoms with Crippen LogP contribution < -0.4 is 5.32 Å². The molecule has 24 heavy (non-hydrogen) atoms. The van der Waals surface area contributed by atoms with Crippen LogP contribution in [0.4, 0.5) is 0 Å². The van der Waals surface area contributed by atoms with Crippen molar-refractivity contribution in [1.82, 2.24) is 10.2 Å². The fourth-order valence-electron chi connectivity index (χ4n) is 3.14. The molecule has 1 aromatic rings. The lowest BCUT2D eigenvalue weighted by molar-refractivity contribution is -0.135. The second-order valence-corrected chi connectivity index (χ2v) is 6.51. The van der Waals surface area contributed by atoms with Gasteiger partial charge in [-0.2, -0.15) is 0 Å². The van der Waals surface area contributed by atoms with E-state index < -0.39 is 0 Å². The monoisotopic (exact) mass is 330 g/mol. The number of rotatable bonds is 5. The van der Waals surface area contributed by atoms with Gasteiger partial charge in [-0.25, -0.2) is 0 Å². The van der Waals surface area contributed by atoms with Crippen LogP contribution in [0.25, 0.3) is 0 Å². The van der Waals surface area contributed by atoms with E-state index in [4.69, 9.17) is 0 Å². The van der Waals surface area contributed by atoms with Crippen LogP contribution in [-0.4, -0.2) is 42.6 Å². The van der Waals surface area contributed by atoms with Gasteiger partial charge < -0.3 is 10.2 Å². The van der Waals surface area contributed by atoms with Crippen LogP contribution in [0.15, 0.2) is 18.2 Å². The molecule has 1 aromatic carbocycles. The standard InChI is InChI=1S/C19H26N2O3/c1-13-4-5-14(2)16(12-13)17(22)6-7-18(23)21-10-8-15(9-11-21)19(24)20-3/h4-5,12,15H,6-11H2,1-3H3,(H,20,24). The molecule has 0 radical (unpaired) electrons. The minimum Gasteiger partial charge on any atom is -0.359 e. The summed E-state index contributed by atoms with van der Waals surface area (Å²) in [5.74, 6) is 0.0663. The van der Waals surface area contributed by atoms with Crippen molar-refractivity contribution in [3.8, 4) is 0 Å². The number of likely N-dealkylation sites (tertiary alicyclic amines) is 1. The summed E-state index contributed by atoms with van der Waals surface area (Å²) < 4.78 is 0. The van der Waals surface area contributed by atoms with Crippen molar-refractivity contribution >= 4 is 17.6 Å². The first-order valence-corrected chi connectivity index (χ1v) is 8.52. The molecule has 0 atom stereocenters. The first-order chi connectivity index (χ1) is 11.4. The number of Topliss-reactive ketones (excluding diaryl/α,β-unsaturated/α-hetero) is 1. The zero-order chi connectivity index (χ0) is 17.7. The summed E-state index contributed by atoms with van der Waals surface area (Å²) in [6, 6.07) is 5.80. The maximum absolute atomic E-state index is 12.4. The topological polar surface area (TPSA) is 66.5 Å². The molecular formula is C19H26N2O3. The number of benzene rings is 1. The molecule has 0 aromatic heterocycles. The second kappa shape index (κ2) is 8.08. The number of nitrogens with zero attached hydrogens (tertiary/aromatic N) is 1. The molecule has 2 rings (SSSR count). The SMILES string of the molecule is CNC(=O)C1CCN(C(=O)CCC(=O)c2cc(C)ccc2C)CC1. The number of amides is 2. The van der Waals surface area contributed by atoms with E-state index in [-0.39, 0.29) is 36.4 Å². The van der Waals surface area contributed by atoms with Crippen LogP contribution in [0.2, 0.25) is 0 Å². The highest BCUT2D eigenvalue weighted by Gasteiger charge is 2.26. The van der Waals surface area contributed by atoms with Crippen molar-refractivity contribution < 1.29 is 14.4 Å². The summed E-state index contributed by atoms with van der Waals surface area (Å²) >= 11 is 0. The fourth-order valence-corrected chi connectivity index (χ4v) is 3.14. The lowest BCUT2D eigenvalue weighted by atomic mass is 9.95. The van der Waals surface area contributed by atoms with Gasteiger partial charge in [0.05, 0.1) is 0 Å². The number of carbonyl (C=O) groups is 3. The van der Waals surface area contributed by atoms with Crippen LogP contribution in [0.5, 0.6) is 0 Å². The maximum atomic E-state index is 12.4. The third kappa shape index (κ3) is 4.43. The lowest BCUT2D eigenvalue weighted by Crippen LogP contribution is -2.42. The highest BCUT2D eigenvalue weighted by atomic mass is 16.2. The Morgan fingerprint density at radius 1 is 1.12 bits per heavy atom. The van der Waals surface area contributed by atoms with Crippen LogP contribution in [0.3, 0.4) is 0 Å². The average molecular weight is 330 g/mol. The van der Waals surface area contributed by atoms with Crippen LogP contribution in [0.1, 0.15) is 47.2 Å². The summed E-state index contributed by atoms with van der Waals surface area (Å²) in [5.41, 5.74) is 2.71.